The van der Waals surface area contributed by atoms with E-state index in [2.05, 4.69) is 4.98 Å². The van der Waals surface area contributed by atoms with E-state index in [1.54, 1.807) is 14.2 Å². The average molecular weight is 631 g/mol. The zero-order chi connectivity index (χ0) is 32.1. The Hall–Kier alpha value is -4.26. The average Bonchev–Trinajstić information content (AvgIpc) is 3.40. The minimum atomic E-state index is -1.20. The van der Waals surface area contributed by atoms with Gasteiger partial charge < -0.3 is 33.5 Å². The number of hydrogen-bond acceptors (Lipinski definition) is 9. The van der Waals surface area contributed by atoms with Crippen molar-refractivity contribution in [2.75, 3.05) is 27.4 Å². The second kappa shape index (κ2) is 14.0. The molecule has 11 heteroatoms. The third-order valence-electron chi connectivity index (χ3n) is 8.52. The molecule has 2 N–H and O–H groups in total. The summed E-state index contributed by atoms with van der Waals surface area (Å²) in [5, 5.41) is 11.7. The van der Waals surface area contributed by atoms with E-state index >= 15 is 0 Å². The molecule has 2 aliphatic heterocycles. The molecule has 0 unspecified atom stereocenters. The molecule has 11 nitrogen and oxygen atoms in total. The highest BCUT2D eigenvalue weighted by molar-refractivity contribution is 5.49. The van der Waals surface area contributed by atoms with Crippen LogP contribution in [0.15, 0.2) is 101 Å². The zero-order valence-electron chi connectivity index (χ0n) is 25.7. The van der Waals surface area contributed by atoms with Gasteiger partial charge in [-0.15, -0.1) is 0 Å². The summed E-state index contributed by atoms with van der Waals surface area (Å²) >= 11 is 0. The molecule has 2 fully saturated rings. The fourth-order valence-electron chi connectivity index (χ4n) is 6.13. The van der Waals surface area contributed by atoms with Gasteiger partial charge in [-0.25, -0.2) is 4.79 Å². The summed E-state index contributed by atoms with van der Waals surface area (Å²) in [6.07, 6.45) is -0.910. The third kappa shape index (κ3) is 6.37. The lowest BCUT2D eigenvalue weighted by molar-refractivity contribution is -0.215. The van der Waals surface area contributed by atoms with Gasteiger partial charge in [0.1, 0.15) is 35.4 Å². The molecule has 6 rings (SSSR count). The van der Waals surface area contributed by atoms with Gasteiger partial charge in [0.05, 0.1) is 20.8 Å². The molecule has 3 aromatic carbocycles. The number of H-pyrrole nitrogens is 1. The number of aromatic nitrogens is 2. The molecule has 4 aromatic rings. The molecular weight excluding hydrogens is 592 g/mol. The van der Waals surface area contributed by atoms with Crippen LogP contribution in [-0.2, 0) is 24.5 Å². The number of aliphatic hydroxyl groups excluding tert-OH is 1. The highest BCUT2D eigenvalue weighted by Gasteiger charge is 2.49. The maximum atomic E-state index is 12.9. The third-order valence-corrected chi connectivity index (χ3v) is 8.52. The van der Waals surface area contributed by atoms with Crippen molar-refractivity contribution < 1.29 is 33.5 Å². The van der Waals surface area contributed by atoms with Crippen molar-refractivity contribution in [3.63, 3.8) is 0 Å². The van der Waals surface area contributed by atoms with Gasteiger partial charge in [0.25, 0.3) is 5.56 Å². The maximum absolute atomic E-state index is 12.9. The highest BCUT2D eigenvalue weighted by Crippen LogP contribution is 2.43. The number of rotatable bonds is 11. The van der Waals surface area contributed by atoms with Crippen molar-refractivity contribution in [1.82, 2.24) is 9.55 Å². The maximum Gasteiger partial charge on any atom is 0.330 e. The van der Waals surface area contributed by atoms with E-state index in [1.165, 1.54) is 16.8 Å². The summed E-state index contributed by atoms with van der Waals surface area (Å²) in [7, 11) is 3.22. The molecule has 3 heterocycles. The van der Waals surface area contributed by atoms with E-state index in [0.29, 0.717) is 24.5 Å². The topological polar surface area (TPSA) is 130 Å². The van der Waals surface area contributed by atoms with Crippen molar-refractivity contribution in [3.05, 3.63) is 129 Å². The second-order valence-corrected chi connectivity index (χ2v) is 11.3. The molecule has 0 radical (unpaired) electrons. The van der Waals surface area contributed by atoms with Crippen LogP contribution in [0.4, 0.5) is 0 Å². The van der Waals surface area contributed by atoms with Crippen molar-refractivity contribution in [2.24, 2.45) is 0 Å². The van der Waals surface area contributed by atoms with E-state index in [-0.39, 0.29) is 6.61 Å². The van der Waals surface area contributed by atoms with E-state index in [9.17, 15) is 14.7 Å². The van der Waals surface area contributed by atoms with Gasteiger partial charge in [0.2, 0.25) is 0 Å². The first kappa shape index (κ1) is 31.7. The quantitative estimate of drug-likeness (QED) is 0.238. The van der Waals surface area contributed by atoms with Crippen molar-refractivity contribution in [3.8, 4) is 11.5 Å². The number of aliphatic hydroxyl groups is 1. The number of aromatic amines is 1. The fraction of sp³-hybridized carbons (Fsp3) is 0.371. The molecule has 0 saturated carbocycles. The van der Waals surface area contributed by atoms with Crippen LogP contribution in [0.3, 0.4) is 0 Å². The Morgan fingerprint density at radius 3 is 2.07 bits per heavy atom. The standard InChI is InChI=1S/C35H38N2O9/c1-41-26-15-11-24(12-16-26)35(23-8-4-3-5-9-23,25-13-17-27(42-2)18-14-25)44-22-28-31(39)32(46-30-10-6-7-21-43-30)33(45-28)37-20-19-29(38)36-34(37)40/h3-5,8-9,11-20,28,30-33,39H,6-7,10,21-22H2,1-2H3,(H,36,38,40)/t28-,30+,31-,32+,33+/m0/s1. The van der Waals surface area contributed by atoms with E-state index < -0.39 is 47.7 Å². The van der Waals surface area contributed by atoms with Crippen molar-refractivity contribution >= 4 is 0 Å². The number of benzene rings is 3. The second-order valence-electron chi connectivity index (χ2n) is 11.3. The summed E-state index contributed by atoms with van der Waals surface area (Å²) < 4.78 is 37.5. The van der Waals surface area contributed by atoms with Gasteiger partial charge in [0.15, 0.2) is 12.5 Å². The fourth-order valence-corrected chi connectivity index (χ4v) is 6.13. The van der Waals surface area contributed by atoms with E-state index in [0.717, 1.165) is 29.5 Å². The number of hydrogen-bond donors (Lipinski definition) is 2. The Labute approximate surface area is 266 Å². The number of nitrogens with one attached hydrogen (secondary N) is 1. The molecule has 0 spiro atoms. The SMILES string of the molecule is COc1ccc(C(OC[C@@H]2O[C@@H](n3ccc(=O)[nH]c3=O)[C@H](O[C@@H]3CCCCO3)[C@H]2O)(c2ccccc2)c2ccc(OC)cc2)cc1. The van der Waals surface area contributed by atoms with Crippen LogP contribution >= 0.6 is 0 Å². The minimum Gasteiger partial charge on any atom is -0.497 e. The molecule has 2 aliphatic rings. The smallest absolute Gasteiger partial charge is 0.330 e. The van der Waals surface area contributed by atoms with Crippen LogP contribution in [0.2, 0.25) is 0 Å². The van der Waals surface area contributed by atoms with Crippen LogP contribution in [0.5, 0.6) is 11.5 Å². The molecule has 5 atom stereocenters. The first-order valence-electron chi connectivity index (χ1n) is 15.3. The lowest BCUT2D eigenvalue weighted by Crippen LogP contribution is -2.43. The van der Waals surface area contributed by atoms with Crippen molar-refractivity contribution in [2.45, 2.75) is 55.7 Å². The van der Waals surface area contributed by atoms with Gasteiger partial charge in [-0.1, -0.05) is 54.6 Å². The molecule has 0 amide bonds. The monoisotopic (exact) mass is 630 g/mol. The van der Waals surface area contributed by atoms with E-state index in [4.69, 9.17) is 28.4 Å². The Bertz CT molecular complexity index is 1630. The lowest BCUT2D eigenvalue weighted by atomic mass is 9.80. The Morgan fingerprint density at radius 1 is 0.870 bits per heavy atom. The van der Waals surface area contributed by atoms with Crippen LogP contribution in [0.1, 0.15) is 42.2 Å². The van der Waals surface area contributed by atoms with E-state index in [1.807, 2.05) is 78.9 Å². The first-order valence-corrected chi connectivity index (χ1v) is 15.3. The van der Waals surface area contributed by atoms with Gasteiger partial charge in [0, 0.05) is 18.9 Å². The Kier molecular flexibility index (Phi) is 9.67. The first-order chi connectivity index (χ1) is 22.4. The zero-order valence-corrected chi connectivity index (χ0v) is 25.7. The predicted molar refractivity (Wildman–Crippen MR) is 168 cm³/mol. The number of ether oxygens (including phenoxy) is 6. The summed E-state index contributed by atoms with van der Waals surface area (Å²) in [6, 6.07) is 26.2. The molecule has 0 aliphatic carbocycles. The van der Waals surface area contributed by atoms with Crippen LogP contribution < -0.4 is 20.7 Å². The summed E-state index contributed by atoms with van der Waals surface area (Å²) in [4.78, 5) is 27.0. The van der Waals surface area contributed by atoms with Crippen molar-refractivity contribution in [1.29, 1.82) is 0 Å². The number of nitrogens with zero attached hydrogens (tertiary/aromatic N) is 1. The number of methoxy groups -OCH3 is 2. The van der Waals surface area contributed by atoms with Gasteiger partial charge in [-0.3, -0.25) is 14.3 Å². The largest absolute Gasteiger partial charge is 0.497 e. The molecule has 242 valence electrons. The van der Waals surface area contributed by atoms with Gasteiger partial charge >= 0.3 is 5.69 Å². The van der Waals surface area contributed by atoms with Crippen LogP contribution in [0, 0.1) is 0 Å². The van der Waals surface area contributed by atoms with Gasteiger partial charge in [-0.05, 0) is 60.2 Å². The van der Waals surface area contributed by atoms with Crippen LogP contribution in [-0.4, -0.2) is 66.7 Å². The Balaban J connectivity index is 1.39. The van der Waals surface area contributed by atoms with Gasteiger partial charge in [-0.2, -0.15) is 0 Å². The molecule has 1 aromatic heterocycles. The summed E-state index contributed by atoms with van der Waals surface area (Å²) in [6.45, 7) is 0.446. The predicted octanol–water partition coefficient (Wildman–Crippen LogP) is 3.73. The molecule has 46 heavy (non-hydrogen) atoms. The molecule has 0 bridgehead atoms. The molecular formula is C35H38N2O9. The lowest BCUT2D eigenvalue weighted by Gasteiger charge is -2.37. The minimum absolute atomic E-state index is 0.0892. The summed E-state index contributed by atoms with van der Waals surface area (Å²) in [5.74, 6) is 1.38. The highest BCUT2D eigenvalue weighted by atomic mass is 16.7. The van der Waals surface area contributed by atoms with Crippen LogP contribution in [0.25, 0.3) is 0 Å². The normalized spacial score (nSPS) is 23.2. The molecule has 2 saturated heterocycles. The summed E-state index contributed by atoms with van der Waals surface area (Å²) in [5.41, 5.74) is 0.0926. The Morgan fingerprint density at radius 2 is 1.50 bits per heavy atom.